The molecule has 0 saturated heterocycles. The van der Waals surface area contributed by atoms with Gasteiger partial charge in [0.25, 0.3) is 5.91 Å². The minimum atomic E-state index is -3.80. The molecule has 136 valence electrons. The fourth-order valence-corrected chi connectivity index (χ4v) is 5.98. The van der Waals surface area contributed by atoms with Crippen molar-refractivity contribution in [3.8, 4) is 0 Å². The van der Waals surface area contributed by atoms with Gasteiger partial charge in [-0.05, 0) is 53.6 Å². The Morgan fingerprint density at radius 3 is 2.50 bits per heavy atom. The van der Waals surface area contributed by atoms with Crippen LogP contribution in [0.3, 0.4) is 0 Å². The number of rotatable bonds is 6. The standard InChI is InChI=1S/C18H16FNO3S3/c1-12-10-13(6-7-14(12)19)26(22,23)17(15-4-2-8-24-15)11-20-18(21)16-5-3-9-25-16/h2-10,17H,11H2,1H3,(H,20,21). The molecule has 3 rings (SSSR count). The van der Waals surface area contributed by atoms with E-state index in [4.69, 9.17) is 0 Å². The molecule has 1 aromatic carbocycles. The molecule has 8 heteroatoms. The second kappa shape index (κ2) is 7.69. The van der Waals surface area contributed by atoms with Gasteiger partial charge in [-0.25, -0.2) is 12.8 Å². The van der Waals surface area contributed by atoms with Gasteiger partial charge in [0.15, 0.2) is 9.84 Å². The van der Waals surface area contributed by atoms with Gasteiger partial charge in [0.05, 0.1) is 9.77 Å². The zero-order valence-electron chi connectivity index (χ0n) is 13.8. The summed E-state index contributed by atoms with van der Waals surface area (Å²) in [6.45, 7) is 1.46. The van der Waals surface area contributed by atoms with E-state index in [9.17, 15) is 17.6 Å². The minimum Gasteiger partial charge on any atom is -0.350 e. The fourth-order valence-electron chi connectivity index (χ4n) is 2.48. The van der Waals surface area contributed by atoms with E-state index in [0.717, 1.165) is 6.07 Å². The van der Waals surface area contributed by atoms with Gasteiger partial charge in [-0.2, -0.15) is 0 Å². The Morgan fingerprint density at radius 2 is 1.88 bits per heavy atom. The van der Waals surface area contributed by atoms with Crippen LogP contribution >= 0.6 is 22.7 Å². The maximum absolute atomic E-state index is 13.5. The lowest BCUT2D eigenvalue weighted by Gasteiger charge is -2.17. The molecule has 0 aliphatic heterocycles. The summed E-state index contributed by atoms with van der Waals surface area (Å²) in [5, 5.41) is 5.33. The zero-order valence-corrected chi connectivity index (χ0v) is 16.3. The molecule has 0 radical (unpaired) electrons. The molecule has 2 heterocycles. The first kappa shape index (κ1) is 18.8. The van der Waals surface area contributed by atoms with Crippen LogP contribution in [-0.4, -0.2) is 20.9 Å². The van der Waals surface area contributed by atoms with E-state index in [1.165, 1.54) is 41.7 Å². The van der Waals surface area contributed by atoms with Crippen LogP contribution in [-0.2, 0) is 9.84 Å². The molecule has 0 fully saturated rings. The third-order valence-corrected chi connectivity index (χ3v) is 7.97. The van der Waals surface area contributed by atoms with Crippen LogP contribution in [0.5, 0.6) is 0 Å². The van der Waals surface area contributed by atoms with Crippen molar-refractivity contribution in [2.75, 3.05) is 6.54 Å². The Balaban J connectivity index is 1.90. The molecular weight excluding hydrogens is 393 g/mol. The highest BCUT2D eigenvalue weighted by Gasteiger charge is 2.31. The van der Waals surface area contributed by atoms with Gasteiger partial charge in [0.1, 0.15) is 11.1 Å². The van der Waals surface area contributed by atoms with E-state index in [0.29, 0.717) is 9.75 Å². The molecule has 3 aromatic rings. The maximum Gasteiger partial charge on any atom is 0.261 e. The van der Waals surface area contributed by atoms with Gasteiger partial charge in [0.2, 0.25) is 0 Å². The van der Waals surface area contributed by atoms with Crippen LogP contribution in [0.25, 0.3) is 0 Å². The smallest absolute Gasteiger partial charge is 0.261 e. The summed E-state index contributed by atoms with van der Waals surface area (Å²) in [4.78, 5) is 13.4. The van der Waals surface area contributed by atoms with Crippen molar-refractivity contribution >= 4 is 38.4 Å². The van der Waals surface area contributed by atoms with Crippen molar-refractivity contribution < 1.29 is 17.6 Å². The van der Waals surface area contributed by atoms with Crippen LogP contribution in [0, 0.1) is 12.7 Å². The summed E-state index contributed by atoms with van der Waals surface area (Å²) in [6, 6.07) is 10.7. The Bertz CT molecular complexity index is 996. The zero-order chi connectivity index (χ0) is 18.7. The molecule has 1 N–H and O–H groups in total. The van der Waals surface area contributed by atoms with Gasteiger partial charge in [0, 0.05) is 11.4 Å². The molecule has 0 saturated carbocycles. The fraction of sp³-hybridized carbons (Fsp3) is 0.167. The van der Waals surface area contributed by atoms with Crippen molar-refractivity contribution in [3.63, 3.8) is 0 Å². The summed E-state index contributed by atoms with van der Waals surface area (Å²) >= 11 is 2.59. The predicted molar refractivity (Wildman–Crippen MR) is 102 cm³/mol. The third kappa shape index (κ3) is 3.87. The highest BCUT2D eigenvalue weighted by Crippen LogP contribution is 2.32. The van der Waals surface area contributed by atoms with E-state index < -0.39 is 20.9 Å². The van der Waals surface area contributed by atoms with E-state index in [-0.39, 0.29) is 22.9 Å². The number of aryl methyl sites for hydroxylation is 1. The van der Waals surface area contributed by atoms with E-state index in [1.54, 1.807) is 35.0 Å². The first-order chi connectivity index (χ1) is 12.4. The van der Waals surface area contributed by atoms with Crippen LogP contribution in [0.2, 0.25) is 0 Å². The van der Waals surface area contributed by atoms with Gasteiger partial charge in [-0.3, -0.25) is 4.79 Å². The number of carbonyl (C=O) groups is 1. The van der Waals surface area contributed by atoms with Crippen molar-refractivity contribution in [3.05, 3.63) is 74.4 Å². The summed E-state index contributed by atoms with van der Waals surface area (Å²) in [6.07, 6.45) is 0. The molecule has 1 unspecified atom stereocenters. The van der Waals surface area contributed by atoms with E-state index in [2.05, 4.69) is 5.32 Å². The van der Waals surface area contributed by atoms with Crippen LogP contribution < -0.4 is 5.32 Å². The average Bonchev–Trinajstić information content (AvgIpc) is 3.30. The summed E-state index contributed by atoms with van der Waals surface area (Å²) in [7, 11) is -3.80. The van der Waals surface area contributed by atoms with Gasteiger partial charge in [-0.1, -0.05) is 12.1 Å². The Labute approximate surface area is 159 Å². The second-order valence-electron chi connectivity index (χ2n) is 5.65. The molecular formula is C18H16FNO3S3. The van der Waals surface area contributed by atoms with Crippen LogP contribution in [0.4, 0.5) is 4.39 Å². The number of thiophene rings is 2. The largest absolute Gasteiger partial charge is 0.350 e. The molecule has 0 aliphatic carbocycles. The molecule has 4 nitrogen and oxygen atoms in total. The summed E-state index contributed by atoms with van der Waals surface area (Å²) in [5.41, 5.74) is 0.263. The Morgan fingerprint density at radius 1 is 1.15 bits per heavy atom. The number of carbonyl (C=O) groups excluding carboxylic acids is 1. The Hall–Kier alpha value is -2.03. The molecule has 26 heavy (non-hydrogen) atoms. The predicted octanol–water partition coefficient (Wildman–Crippen LogP) is 4.20. The second-order valence-corrected chi connectivity index (χ2v) is 9.70. The number of hydrogen-bond acceptors (Lipinski definition) is 5. The van der Waals surface area contributed by atoms with Gasteiger partial charge < -0.3 is 5.32 Å². The van der Waals surface area contributed by atoms with Crippen LogP contribution in [0.15, 0.2) is 58.1 Å². The molecule has 2 aromatic heterocycles. The Kier molecular flexibility index (Phi) is 5.55. The molecule has 0 bridgehead atoms. The number of amides is 1. The summed E-state index contributed by atoms with van der Waals surface area (Å²) in [5.74, 6) is -0.769. The summed E-state index contributed by atoms with van der Waals surface area (Å²) < 4.78 is 39.8. The lowest BCUT2D eigenvalue weighted by atomic mass is 10.2. The van der Waals surface area contributed by atoms with Gasteiger partial charge in [-0.15, -0.1) is 22.7 Å². The normalized spacial score (nSPS) is 12.7. The van der Waals surface area contributed by atoms with Crippen molar-refractivity contribution in [1.29, 1.82) is 0 Å². The lowest BCUT2D eigenvalue weighted by molar-refractivity contribution is 0.0958. The average molecular weight is 410 g/mol. The number of sulfone groups is 1. The SMILES string of the molecule is Cc1cc(S(=O)(=O)C(CNC(=O)c2cccs2)c2cccs2)ccc1F. The topological polar surface area (TPSA) is 63.2 Å². The van der Waals surface area contributed by atoms with E-state index in [1.807, 2.05) is 0 Å². The molecule has 0 aliphatic rings. The van der Waals surface area contributed by atoms with Crippen molar-refractivity contribution in [1.82, 2.24) is 5.32 Å². The third-order valence-electron chi connectivity index (χ3n) is 3.89. The van der Waals surface area contributed by atoms with Gasteiger partial charge >= 0.3 is 0 Å². The van der Waals surface area contributed by atoms with Crippen LogP contribution in [0.1, 0.15) is 25.4 Å². The lowest BCUT2D eigenvalue weighted by Crippen LogP contribution is -2.31. The monoisotopic (exact) mass is 409 g/mol. The first-order valence-corrected chi connectivity index (χ1v) is 11.1. The van der Waals surface area contributed by atoms with Crippen molar-refractivity contribution in [2.24, 2.45) is 0 Å². The van der Waals surface area contributed by atoms with E-state index >= 15 is 0 Å². The molecule has 0 spiro atoms. The minimum absolute atomic E-state index is 0.0418. The number of nitrogens with one attached hydrogen (secondary N) is 1. The molecule has 1 atom stereocenters. The van der Waals surface area contributed by atoms with Crippen molar-refractivity contribution in [2.45, 2.75) is 17.1 Å². The highest BCUT2D eigenvalue weighted by molar-refractivity contribution is 7.91. The first-order valence-electron chi connectivity index (χ1n) is 7.75. The quantitative estimate of drug-likeness (QED) is 0.621. The number of halogens is 1. The number of benzene rings is 1. The molecule has 1 amide bonds. The highest BCUT2D eigenvalue weighted by atomic mass is 32.2. The number of hydrogen-bond donors (Lipinski definition) is 1. The maximum atomic E-state index is 13.5.